The van der Waals surface area contributed by atoms with Gasteiger partial charge in [-0.15, -0.1) is 0 Å². The Balaban J connectivity index is 1.58. The molecule has 1 unspecified atom stereocenters. The van der Waals surface area contributed by atoms with Crippen LogP contribution < -0.4 is 5.32 Å². The second kappa shape index (κ2) is 10.5. The number of carbonyl (C=O) groups excluding carboxylic acids is 1. The highest BCUT2D eigenvalue weighted by atomic mass is 32.2. The zero-order chi connectivity index (χ0) is 25.1. The number of hydrogen-bond donors (Lipinski definition) is 1. The van der Waals surface area contributed by atoms with E-state index in [1.165, 1.54) is 16.4 Å². The molecule has 0 aliphatic carbocycles. The van der Waals surface area contributed by atoms with Gasteiger partial charge in [0.1, 0.15) is 5.82 Å². The lowest BCUT2D eigenvalue weighted by Gasteiger charge is -2.31. The molecular formula is C26H36FN3O3S. The number of amides is 1. The molecule has 1 aliphatic heterocycles. The summed E-state index contributed by atoms with van der Waals surface area (Å²) in [6.45, 7) is 7.24. The Morgan fingerprint density at radius 1 is 1.12 bits per heavy atom. The molecule has 3 rings (SSSR count). The highest BCUT2D eigenvalue weighted by Gasteiger charge is 2.32. The van der Waals surface area contributed by atoms with Gasteiger partial charge in [-0.05, 0) is 67.7 Å². The summed E-state index contributed by atoms with van der Waals surface area (Å²) in [5.74, 6) is -0.642. The maximum Gasteiger partial charge on any atom is 0.243 e. The molecule has 1 saturated heterocycles. The van der Waals surface area contributed by atoms with E-state index in [1.807, 2.05) is 37.2 Å². The number of carbonyl (C=O) groups is 1. The Hall–Kier alpha value is -2.29. The predicted molar refractivity (Wildman–Crippen MR) is 132 cm³/mol. The van der Waals surface area contributed by atoms with Crippen molar-refractivity contribution in [2.24, 2.45) is 5.92 Å². The molecule has 2 aromatic carbocycles. The average Bonchev–Trinajstić information content (AvgIpc) is 2.78. The molecule has 0 radical (unpaired) electrons. The van der Waals surface area contributed by atoms with Crippen LogP contribution in [0.4, 0.5) is 4.39 Å². The van der Waals surface area contributed by atoms with Crippen LogP contribution in [0.25, 0.3) is 0 Å². The summed E-state index contributed by atoms with van der Waals surface area (Å²) in [6, 6.07) is 13.3. The monoisotopic (exact) mass is 489 g/mol. The van der Waals surface area contributed by atoms with Crippen LogP contribution in [0.5, 0.6) is 0 Å². The summed E-state index contributed by atoms with van der Waals surface area (Å²) in [5.41, 5.74) is 1.83. The van der Waals surface area contributed by atoms with E-state index in [-0.39, 0.29) is 34.0 Å². The normalized spacial score (nSPS) is 17.0. The molecule has 0 bridgehead atoms. The summed E-state index contributed by atoms with van der Waals surface area (Å²) >= 11 is 0. The van der Waals surface area contributed by atoms with E-state index in [0.717, 1.165) is 11.1 Å². The number of likely N-dealkylation sites (N-methyl/N-ethyl adjacent to an activating group) is 1. The molecule has 1 amide bonds. The van der Waals surface area contributed by atoms with Crippen LogP contribution in [0.15, 0.2) is 53.4 Å². The van der Waals surface area contributed by atoms with E-state index >= 15 is 0 Å². The third kappa shape index (κ3) is 6.23. The highest BCUT2D eigenvalue weighted by molar-refractivity contribution is 7.89. The van der Waals surface area contributed by atoms with Gasteiger partial charge >= 0.3 is 0 Å². The zero-order valence-electron chi connectivity index (χ0n) is 20.7. The average molecular weight is 490 g/mol. The highest BCUT2D eigenvalue weighted by Crippen LogP contribution is 2.27. The maximum atomic E-state index is 13.6. The number of rotatable bonds is 7. The Morgan fingerprint density at radius 2 is 1.74 bits per heavy atom. The van der Waals surface area contributed by atoms with Crippen molar-refractivity contribution >= 4 is 15.9 Å². The molecule has 1 N–H and O–H groups in total. The molecule has 0 spiro atoms. The summed E-state index contributed by atoms with van der Waals surface area (Å²) in [4.78, 5) is 15.0. The number of hydrogen-bond acceptors (Lipinski definition) is 4. The molecule has 1 heterocycles. The van der Waals surface area contributed by atoms with Gasteiger partial charge in [0.05, 0.1) is 10.9 Å². The van der Waals surface area contributed by atoms with Crippen LogP contribution in [-0.4, -0.2) is 57.3 Å². The van der Waals surface area contributed by atoms with Gasteiger partial charge in [0, 0.05) is 25.6 Å². The summed E-state index contributed by atoms with van der Waals surface area (Å²) in [7, 11) is 0.185. The number of sulfonamides is 1. The summed E-state index contributed by atoms with van der Waals surface area (Å²) < 4.78 is 41.3. The Bertz CT molecular complexity index is 1090. The molecule has 34 heavy (non-hydrogen) atoms. The van der Waals surface area contributed by atoms with Gasteiger partial charge in [-0.2, -0.15) is 4.31 Å². The minimum atomic E-state index is -3.59. The predicted octanol–water partition coefficient (Wildman–Crippen LogP) is 3.94. The van der Waals surface area contributed by atoms with Gasteiger partial charge in [0.2, 0.25) is 15.9 Å². The smallest absolute Gasteiger partial charge is 0.243 e. The van der Waals surface area contributed by atoms with Crippen LogP contribution >= 0.6 is 0 Å². The van der Waals surface area contributed by atoms with E-state index in [0.29, 0.717) is 32.5 Å². The van der Waals surface area contributed by atoms with Crippen molar-refractivity contribution < 1.29 is 17.6 Å². The zero-order valence-corrected chi connectivity index (χ0v) is 21.5. The Labute approximate surface area is 203 Å². The molecule has 2 aromatic rings. The van der Waals surface area contributed by atoms with Gasteiger partial charge in [0.25, 0.3) is 0 Å². The van der Waals surface area contributed by atoms with Crippen LogP contribution in [0.3, 0.4) is 0 Å². The van der Waals surface area contributed by atoms with Gasteiger partial charge in [-0.1, -0.05) is 45.0 Å². The van der Waals surface area contributed by atoms with Gasteiger partial charge in [0.15, 0.2) is 0 Å². The Kier molecular flexibility index (Phi) is 8.16. The van der Waals surface area contributed by atoms with Crippen molar-refractivity contribution in [1.82, 2.24) is 14.5 Å². The van der Waals surface area contributed by atoms with Crippen molar-refractivity contribution in [3.63, 3.8) is 0 Å². The van der Waals surface area contributed by atoms with Crippen molar-refractivity contribution in [2.75, 3.05) is 33.7 Å². The number of benzene rings is 2. The molecule has 0 saturated carbocycles. The SMILES string of the molecule is CN(C)C(CNC(=O)C1CCN(S(=O)(=O)c2ccc(C(C)(C)C)cc2)CC1)c1cccc(F)c1. The van der Waals surface area contributed by atoms with Gasteiger partial charge < -0.3 is 10.2 Å². The van der Waals surface area contributed by atoms with Crippen molar-refractivity contribution in [3.05, 3.63) is 65.5 Å². The fraction of sp³-hybridized carbons (Fsp3) is 0.500. The second-order valence-corrected chi connectivity index (χ2v) is 12.2. The first-order chi connectivity index (χ1) is 15.9. The van der Waals surface area contributed by atoms with E-state index in [4.69, 9.17) is 0 Å². The minimum absolute atomic E-state index is 0.0474. The quantitative estimate of drug-likeness (QED) is 0.640. The van der Waals surface area contributed by atoms with E-state index in [1.54, 1.807) is 18.2 Å². The largest absolute Gasteiger partial charge is 0.354 e. The van der Waals surface area contributed by atoms with Crippen LogP contribution in [0.1, 0.15) is 50.8 Å². The number of piperidine rings is 1. The van der Waals surface area contributed by atoms with Crippen LogP contribution in [-0.2, 0) is 20.2 Å². The van der Waals surface area contributed by atoms with Crippen LogP contribution in [0, 0.1) is 11.7 Å². The first kappa shape index (κ1) is 26.3. The summed E-state index contributed by atoms with van der Waals surface area (Å²) in [6.07, 6.45) is 0.940. The number of nitrogens with zero attached hydrogens (tertiary/aromatic N) is 2. The lowest BCUT2D eigenvalue weighted by atomic mass is 9.87. The second-order valence-electron chi connectivity index (χ2n) is 10.2. The van der Waals surface area contributed by atoms with E-state index in [9.17, 15) is 17.6 Å². The van der Waals surface area contributed by atoms with E-state index in [2.05, 4.69) is 26.1 Å². The topological polar surface area (TPSA) is 69.7 Å². The molecular weight excluding hydrogens is 453 g/mol. The molecule has 1 atom stereocenters. The minimum Gasteiger partial charge on any atom is -0.354 e. The van der Waals surface area contributed by atoms with Crippen molar-refractivity contribution in [3.8, 4) is 0 Å². The molecule has 0 aromatic heterocycles. The first-order valence-corrected chi connectivity index (χ1v) is 13.1. The van der Waals surface area contributed by atoms with Crippen LogP contribution in [0.2, 0.25) is 0 Å². The molecule has 1 fully saturated rings. The number of nitrogens with one attached hydrogen (secondary N) is 1. The third-order valence-electron chi connectivity index (χ3n) is 6.51. The van der Waals surface area contributed by atoms with Gasteiger partial charge in [-0.3, -0.25) is 4.79 Å². The fourth-order valence-corrected chi connectivity index (χ4v) is 5.76. The molecule has 1 aliphatic rings. The molecule has 8 heteroatoms. The fourth-order valence-electron chi connectivity index (χ4n) is 4.29. The van der Waals surface area contributed by atoms with Crippen molar-refractivity contribution in [2.45, 2.75) is 50.0 Å². The molecule has 6 nitrogen and oxygen atoms in total. The molecule has 186 valence electrons. The number of halogens is 1. The third-order valence-corrected chi connectivity index (χ3v) is 8.42. The lowest BCUT2D eigenvalue weighted by Crippen LogP contribution is -2.44. The Morgan fingerprint density at radius 3 is 2.26 bits per heavy atom. The van der Waals surface area contributed by atoms with Gasteiger partial charge in [-0.25, -0.2) is 12.8 Å². The van der Waals surface area contributed by atoms with E-state index < -0.39 is 10.0 Å². The lowest BCUT2D eigenvalue weighted by molar-refractivity contribution is -0.126. The maximum absolute atomic E-state index is 13.6. The standard InChI is InChI=1S/C26H36FN3O3S/c1-26(2,3)21-9-11-23(12-10-21)34(32,33)30-15-13-19(14-16-30)25(31)28-18-24(29(4)5)20-7-6-8-22(27)17-20/h6-12,17,19,24H,13-16,18H2,1-5H3,(H,28,31). The van der Waals surface area contributed by atoms with Crippen molar-refractivity contribution in [1.29, 1.82) is 0 Å². The summed E-state index contributed by atoms with van der Waals surface area (Å²) in [5, 5.41) is 2.99. The first-order valence-electron chi connectivity index (χ1n) is 11.7.